The van der Waals surface area contributed by atoms with E-state index < -0.39 is 23.9 Å². The second kappa shape index (κ2) is 6.13. The van der Waals surface area contributed by atoms with Crippen LogP contribution in [0.2, 0.25) is 0 Å². The van der Waals surface area contributed by atoms with Crippen LogP contribution < -0.4 is 4.90 Å². The van der Waals surface area contributed by atoms with Crippen LogP contribution in [0.4, 0.5) is 14.9 Å². The van der Waals surface area contributed by atoms with E-state index in [1.165, 1.54) is 17.9 Å². The van der Waals surface area contributed by atoms with Gasteiger partial charge in [-0.2, -0.15) is 5.26 Å². The second-order valence-electron chi connectivity index (χ2n) is 6.86. The number of amides is 1. The number of ether oxygens (including phenoxy) is 2. The number of esters is 1. The summed E-state index contributed by atoms with van der Waals surface area (Å²) in [7, 11) is 0. The lowest BCUT2D eigenvalue weighted by molar-refractivity contribution is -0.141. The Morgan fingerprint density at radius 2 is 2.31 bits per heavy atom. The van der Waals surface area contributed by atoms with Gasteiger partial charge in [-0.15, -0.1) is 0 Å². The first-order valence-corrected chi connectivity index (χ1v) is 8.49. The Morgan fingerprint density at radius 3 is 2.92 bits per heavy atom. The number of cyclic esters (lactones) is 1. The number of carbonyl (C=O) groups is 2. The number of anilines is 1. The van der Waals surface area contributed by atoms with Crippen LogP contribution in [0.3, 0.4) is 0 Å². The van der Waals surface area contributed by atoms with Gasteiger partial charge in [-0.3, -0.25) is 9.69 Å². The fraction of sp³-hybridized carbons (Fsp3) is 0.421. The molecule has 2 fully saturated rings. The van der Waals surface area contributed by atoms with Crippen molar-refractivity contribution in [3.8, 4) is 6.07 Å². The van der Waals surface area contributed by atoms with Crippen molar-refractivity contribution in [2.75, 3.05) is 18.1 Å². The third-order valence-electron chi connectivity index (χ3n) is 5.24. The van der Waals surface area contributed by atoms with Gasteiger partial charge >= 0.3 is 12.1 Å². The summed E-state index contributed by atoms with van der Waals surface area (Å²) >= 11 is 0. The molecule has 3 aliphatic rings. The van der Waals surface area contributed by atoms with Gasteiger partial charge in [0.25, 0.3) is 0 Å². The maximum atomic E-state index is 14.7. The summed E-state index contributed by atoms with van der Waals surface area (Å²) in [4.78, 5) is 24.3. The van der Waals surface area contributed by atoms with Crippen LogP contribution in [0.5, 0.6) is 0 Å². The molecule has 4 atom stereocenters. The number of allylic oxidation sites excluding steroid dienone is 2. The van der Waals surface area contributed by atoms with Gasteiger partial charge in [0.05, 0.1) is 17.7 Å². The van der Waals surface area contributed by atoms with Crippen molar-refractivity contribution in [1.29, 1.82) is 5.26 Å². The van der Waals surface area contributed by atoms with E-state index >= 15 is 0 Å². The standard InChI is InChI=1S/C19H17FN2O4/c1-10(23)25-8-13-9-26-19(24)22(13)12-2-3-14(18(20)6-12)11-4-15-16(5-11)17(15)7-21/h2-4,6,13,15-17H,5,8-9H2,1H3/t13-,15-,16+,17+/m1/s1. The molecule has 2 aliphatic carbocycles. The molecule has 1 saturated carbocycles. The van der Waals surface area contributed by atoms with E-state index in [9.17, 15) is 14.0 Å². The summed E-state index contributed by atoms with van der Waals surface area (Å²) in [6.45, 7) is 1.36. The average Bonchev–Trinajstić information content (AvgIpc) is 2.93. The highest BCUT2D eigenvalue weighted by Crippen LogP contribution is 2.57. The predicted molar refractivity (Wildman–Crippen MR) is 89.3 cm³/mol. The molecule has 0 spiro atoms. The van der Waals surface area contributed by atoms with E-state index in [1.807, 2.05) is 6.08 Å². The molecule has 134 valence electrons. The zero-order valence-electron chi connectivity index (χ0n) is 14.1. The molecule has 1 aromatic rings. The molecule has 7 heteroatoms. The molecule has 26 heavy (non-hydrogen) atoms. The maximum absolute atomic E-state index is 14.7. The zero-order chi connectivity index (χ0) is 18.4. The van der Waals surface area contributed by atoms with Crippen LogP contribution in [0.1, 0.15) is 18.9 Å². The molecule has 4 rings (SSSR count). The van der Waals surface area contributed by atoms with E-state index in [2.05, 4.69) is 6.07 Å². The molecule has 0 radical (unpaired) electrons. The summed E-state index contributed by atoms with van der Waals surface area (Å²) in [5, 5.41) is 8.97. The number of fused-ring (bicyclic) bond motifs is 1. The monoisotopic (exact) mass is 356 g/mol. The summed E-state index contributed by atoms with van der Waals surface area (Å²) in [6, 6.07) is 6.41. The third kappa shape index (κ3) is 2.71. The highest BCUT2D eigenvalue weighted by atomic mass is 19.1. The van der Waals surface area contributed by atoms with Crippen molar-refractivity contribution in [1.82, 2.24) is 0 Å². The fourth-order valence-electron chi connectivity index (χ4n) is 3.85. The van der Waals surface area contributed by atoms with Crippen LogP contribution in [-0.2, 0) is 14.3 Å². The highest BCUT2D eigenvalue weighted by Gasteiger charge is 2.53. The van der Waals surface area contributed by atoms with E-state index in [4.69, 9.17) is 14.7 Å². The van der Waals surface area contributed by atoms with E-state index in [-0.39, 0.29) is 25.0 Å². The molecule has 0 N–H and O–H groups in total. The van der Waals surface area contributed by atoms with E-state index in [0.717, 1.165) is 5.57 Å². The Kier molecular flexibility index (Phi) is 3.91. The SMILES string of the molecule is CC(=O)OC[C@@H]1COC(=O)N1c1ccc(C2=C[C@H]3[C@H](C#N)[C@H]3C2)c(F)c1. The number of rotatable bonds is 4. The van der Waals surface area contributed by atoms with E-state index in [1.54, 1.807) is 12.1 Å². The molecule has 1 saturated heterocycles. The van der Waals surface area contributed by atoms with Crippen LogP contribution in [0.25, 0.3) is 5.57 Å². The van der Waals surface area contributed by atoms with Gasteiger partial charge in [0.1, 0.15) is 25.1 Å². The molecular formula is C19H17FN2O4. The Morgan fingerprint density at radius 1 is 1.50 bits per heavy atom. The van der Waals surface area contributed by atoms with Gasteiger partial charge in [-0.1, -0.05) is 6.08 Å². The molecule has 1 aliphatic heterocycles. The van der Waals surface area contributed by atoms with Crippen LogP contribution >= 0.6 is 0 Å². The number of nitriles is 1. The molecule has 0 unspecified atom stereocenters. The van der Waals surface area contributed by atoms with Gasteiger partial charge in [0.15, 0.2) is 0 Å². The number of nitrogens with zero attached hydrogens (tertiary/aromatic N) is 2. The fourth-order valence-corrected chi connectivity index (χ4v) is 3.85. The highest BCUT2D eigenvalue weighted by molar-refractivity contribution is 5.90. The number of carbonyl (C=O) groups excluding carboxylic acids is 2. The summed E-state index contributed by atoms with van der Waals surface area (Å²) in [5.74, 6) is -0.239. The smallest absolute Gasteiger partial charge is 0.414 e. The molecule has 1 aromatic carbocycles. The zero-order valence-corrected chi connectivity index (χ0v) is 14.1. The lowest BCUT2D eigenvalue weighted by Gasteiger charge is -2.21. The Labute approximate surface area is 149 Å². The summed E-state index contributed by atoms with van der Waals surface area (Å²) < 4.78 is 24.6. The first-order valence-electron chi connectivity index (χ1n) is 8.49. The quantitative estimate of drug-likeness (QED) is 0.775. The van der Waals surface area contributed by atoms with Gasteiger partial charge in [-0.25, -0.2) is 9.18 Å². The normalized spacial score (nSPS) is 28.9. The minimum Gasteiger partial charge on any atom is -0.464 e. The van der Waals surface area contributed by atoms with Crippen molar-refractivity contribution >= 4 is 23.3 Å². The lowest BCUT2D eigenvalue weighted by atomic mass is 10.00. The first kappa shape index (κ1) is 16.6. The number of halogens is 1. The lowest BCUT2D eigenvalue weighted by Crippen LogP contribution is -2.37. The number of benzene rings is 1. The predicted octanol–water partition coefficient (Wildman–Crippen LogP) is 2.89. The van der Waals surface area contributed by atoms with Crippen LogP contribution in [-0.4, -0.2) is 31.3 Å². The van der Waals surface area contributed by atoms with Crippen LogP contribution in [0.15, 0.2) is 24.3 Å². The van der Waals surface area contributed by atoms with Crippen molar-refractivity contribution < 1.29 is 23.5 Å². The molecule has 0 aromatic heterocycles. The molecule has 0 bridgehead atoms. The van der Waals surface area contributed by atoms with Gasteiger partial charge in [0, 0.05) is 12.5 Å². The minimum absolute atomic E-state index is 0.00545. The molecule has 1 heterocycles. The van der Waals surface area contributed by atoms with Crippen molar-refractivity contribution in [3.63, 3.8) is 0 Å². The van der Waals surface area contributed by atoms with Gasteiger partial charge < -0.3 is 9.47 Å². The molecular weight excluding hydrogens is 339 g/mol. The summed E-state index contributed by atoms with van der Waals surface area (Å²) in [5.41, 5.74) is 1.78. The van der Waals surface area contributed by atoms with Gasteiger partial charge in [-0.05, 0) is 42.0 Å². The first-order chi connectivity index (χ1) is 12.5. The molecule has 6 nitrogen and oxygen atoms in total. The number of hydrogen-bond acceptors (Lipinski definition) is 5. The largest absolute Gasteiger partial charge is 0.464 e. The van der Waals surface area contributed by atoms with Crippen LogP contribution in [0, 0.1) is 34.9 Å². The summed E-state index contributed by atoms with van der Waals surface area (Å²) in [6.07, 6.45) is 2.11. The minimum atomic E-state index is -0.590. The Bertz CT molecular complexity index is 860. The van der Waals surface area contributed by atoms with Gasteiger partial charge in [0.2, 0.25) is 0 Å². The number of hydrogen-bond donors (Lipinski definition) is 0. The topological polar surface area (TPSA) is 79.6 Å². The average molecular weight is 356 g/mol. The third-order valence-corrected chi connectivity index (χ3v) is 5.24. The van der Waals surface area contributed by atoms with E-state index in [0.29, 0.717) is 23.6 Å². The second-order valence-corrected chi connectivity index (χ2v) is 6.86. The van der Waals surface area contributed by atoms with Crippen molar-refractivity contribution in [2.45, 2.75) is 19.4 Å². The Balaban J connectivity index is 1.54. The Hall–Kier alpha value is -2.88. The maximum Gasteiger partial charge on any atom is 0.414 e. The molecule has 1 amide bonds. The van der Waals surface area contributed by atoms with Crippen molar-refractivity contribution in [3.05, 3.63) is 35.7 Å². The van der Waals surface area contributed by atoms with Crippen molar-refractivity contribution in [2.24, 2.45) is 17.8 Å².